The topological polar surface area (TPSA) is 96.5 Å². The van der Waals surface area contributed by atoms with E-state index in [4.69, 9.17) is 16.3 Å². The number of aryl methyl sites for hydroxylation is 1. The number of nitrogens with one attached hydrogen (secondary N) is 2. The number of benzene rings is 2. The van der Waals surface area contributed by atoms with Gasteiger partial charge in [0.2, 0.25) is 5.95 Å². The van der Waals surface area contributed by atoms with E-state index < -0.39 is 15.1 Å². The first kappa shape index (κ1) is 27.7. The molecule has 208 valence electrons. The van der Waals surface area contributed by atoms with E-state index in [0.29, 0.717) is 23.4 Å². The number of likely N-dealkylation sites (tertiary alicyclic amines) is 1. The van der Waals surface area contributed by atoms with Gasteiger partial charge in [0, 0.05) is 12.0 Å². The number of ether oxygens (including phenoxy) is 1. The van der Waals surface area contributed by atoms with Gasteiger partial charge in [-0.2, -0.15) is 4.98 Å². The molecule has 1 fully saturated rings. The summed E-state index contributed by atoms with van der Waals surface area (Å²) >= 11 is 6.44. The Morgan fingerprint density at radius 3 is 2.56 bits per heavy atom. The van der Waals surface area contributed by atoms with E-state index in [0.717, 1.165) is 43.8 Å². The van der Waals surface area contributed by atoms with Gasteiger partial charge in [-0.15, -0.1) is 0 Å². The van der Waals surface area contributed by atoms with Crippen LogP contribution in [0.25, 0.3) is 0 Å². The van der Waals surface area contributed by atoms with Gasteiger partial charge < -0.3 is 20.3 Å². The predicted octanol–water partition coefficient (Wildman–Crippen LogP) is 6.24. The molecule has 0 bridgehead atoms. The summed E-state index contributed by atoms with van der Waals surface area (Å²) in [6, 6.07) is 8.89. The Morgan fingerprint density at radius 1 is 1.13 bits per heavy atom. The van der Waals surface area contributed by atoms with E-state index in [1.165, 1.54) is 22.9 Å². The molecule has 3 heterocycles. The van der Waals surface area contributed by atoms with Crippen LogP contribution in [0.3, 0.4) is 0 Å². The lowest BCUT2D eigenvalue weighted by Gasteiger charge is -2.31. The second-order valence-electron chi connectivity index (χ2n) is 10.9. The summed E-state index contributed by atoms with van der Waals surface area (Å²) < 4.78 is 32.2. The zero-order valence-electron chi connectivity index (χ0n) is 23.1. The molecule has 39 heavy (non-hydrogen) atoms. The molecule has 0 aliphatic carbocycles. The number of nitrogens with zero attached hydrogens (tertiary/aromatic N) is 3. The van der Waals surface area contributed by atoms with Crippen molar-refractivity contribution >= 4 is 44.6 Å². The highest BCUT2D eigenvalue weighted by Crippen LogP contribution is 2.45. The number of halogens is 1. The van der Waals surface area contributed by atoms with Crippen LogP contribution in [0.15, 0.2) is 41.4 Å². The van der Waals surface area contributed by atoms with Crippen molar-refractivity contribution in [1.29, 1.82) is 0 Å². The molecule has 3 aromatic rings. The zero-order valence-corrected chi connectivity index (χ0v) is 24.7. The van der Waals surface area contributed by atoms with Crippen molar-refractivity contribution in [1.82, 2.24) is 14.9 Å². The van der Waals surface area contributed by atoms with Crippen LogP contribution in [0.4, 0.5) is 23.1 Å². The maximum absolute atomic E-state index is 12.9. The molecule has 2 N–H and O–H groups in total. The van der Waals surface area contributed by atoms with Crippen molar-refractivity contribution in [2.45, 2.75) is 69.1 Å². The number of para-hydroxylation sites is 1. The Morgan fingerprint density at radius 2 is 1.85 bits per heavy atom. The van der Waals surface area contributed by atoms with Gasteiger partial charge in [-0.05, 0) is 95.9 Å². The maximum Gasteiger partial charge on any atom is 0.229 e. The SMILES string of the molecule is Cc1cc(Nc2ncc(Cl)c(Nc3ccccc3S(=O)(=O)C(C)C)n2)c2c(c1C1CCN(C)CC1)C[C@H](C)O2. The van der Waals surface area contributed by atoms with E-state index in [1.807, 2.05) is 0 Å². The molecule has 0 radical (unpaired) electrons. The minimum atomic E-state index is -3.52. The Balaban J connectivity index is 1.46. The second kappa shape index (κ2) is 10.9. The fourth-order valence-corrected chi connectivity index (χ4v) is 6.88. The fourth-order valence-electron chi connectivity index (χ4n) is 5.54. The van der Waals surface area contributed by atoms with E-state index in [1.54, 1.807) is 38.1 Å². The van der Waals surface area contributed by atoms with Gasteiger partial charge in [-0.25, -0.2) is 13.4 Å². The molecule has 0 spiro atoms. The summed E-state index contributed by atoms with van der Waals surface area (Å²) in [5.74, 6) is 2.04. The quantitative estimate of drug-likeness (QED) is 0.345. The number of hydrogen-bond acceptors (Lipinski definition) is 8. The highest BCUT2D eigenvalue weighted by atomic mass is 35.5. The van der Waals surface area contributed by atoms with Crippen LogP contribution >= 0.6 is 11.6 Å². The summed E-state index contributed by atoms with van der Waals surface area (Å²) in [5.41, 5.74) is 5.17. The first-order chi connectivity index (χ1) is 18.5. The molecular weight excluding hydrogens is 534 g/mol. The molecular formula is C29H36ClN5O3S. The van der Waals surface area contributed by atoms with Crippen LogP contribution in [0.2, 0.25) is 5.02 Å². The molecule has 5 rings (SSSR count). The number of hydrogen-bond donors (Lipinski definition) is 2. The fraction of sp³-hybridized carbons (Fsp3) is 0.448. The molecule has 8 nitrogen and oxygen atoms in total. The van der Waals surface area contributed by atoms with E-state index in [-0.39, 0.29) is 16.0 Å². The van der Waals surface area contributed by atoms with Crippen molar-refractivity contribution in [2.24, 2.45) is 0 Å². The summed E-state index contributed by atoms with van der Waals surface area (Å²) in [6.07, 6.45) is 4.77. The standard InChI is InChI=1S/C29H36ClN5O3S/c1-17(2)39(36,37)25-9-7-6-8-23(25)32-28-22(30)16-31-29(34-28)33-24-14-18(3)26(20-10-12-35(5)13-11-20)21-15-19(4)38-27(21)24/h6-9,14,16-17,19-20H,10-13,15H2,1-5H3,(H2,31,32,33,34)/t19-/m0/s1. The molecule has 2 aromatic carbocycles. The van der Waals surface area contributed by atoms with Crippen LogP contribution in [-0.2, 0) is 16.3 Å². The average Bonchev–Trinajstić information content (AvgIpc) is 3.28. The lowest BCUT2D eigenvalue weighted by atomic mass is 9.82. The van der Waals surface area contributed by atoms with Crippen LogP contribution in [0.1, 0.15) is 56.2 Å². The normalized spacial score (nSPS) is 18.2. The van der Waals surface area contributed by atoms with Gasteiger partial charge in [0.25, 0.3) is 0 Å². The van der Waals surface area contributed by atoms with Crippen LogP contribution in [0.5, 0.6) is 5.75 Å². The summed E-state index contributed by atoms with van der Waals surface area (Å²) in [7, 11) is -1.33. The molecule has 1 aromatic heterocycles. The highest BCUT2D eigenvalue weighted by Gasteiger charge is 2.31. The molecule has 2 aliphatic heterocycles. The third-order valence-corrected chi connectivity index (χ3v) is 10.1. The lowest BCUT2D eigenvalue weighted by molar-refractivity contribution is 0.254. The Kier molecular flexibility index (Phi) is 7.77. The Labute approximate surface area is 236 Å². The number of fused-ring (bicyclic) bond motifs is 1. The number of anilines is 4. The van der Waals surface area contributed by atoms with Crippen molar-refractivity contribution in [3.63, 3.8) is 0 Å². The van der Waals surface area contributed by atoms with Crippen LogP contribution in [-0.4, -0.2) is 54.8 Å². The third-order valence-electron chi connectivity index (χ3n) is 7.62. The van der Waals surface area contributed by atoms with E-state index in [9.17, 15) is 8.42 Å². The summed E-state index contributed by atoms with van der Waals surface area (Å²) in [5, 5.41) is 6.18. The summed E-state index contributed by atoms with van der Waals surface area (Å²) in [4.78, 5) is 11.6. The predicted molar refractivity (Wildman–Crippen MR) is 157 cm³/mol. The second-order valence-corrected chi connectivity index (χ2v) is 13.8. The van der Waals surface area contributed by atoms with Gasteiger partial charge in [0.05, 0.1) is 27.7 Å². The first-order valence-electron chi connectivity index (χ1n) is 13.5. The average molecular weight is 570 g/mol. The van der Waals surface area contributed by atoms with Crippen molar-refractivity contribution in [3.8, 4) is 5.75 Å². The number of sulfone groups is 1. The van der Waals surface area contributed by atoms with Gasteiger partial charge in [0.15, 0.2) is 15.7 Å². The molecule has 0 saturated carbocycles. The Hall–Kier alpha value is -2.88. The highest BCUT2D eigenvalue weighted by molar-refractivity contribution is 7.92. The van der Waals surface area contributed by atoms with Crippen LogP contribution < -0.4 is 15.4 Å². The number of piperidine rings is 1. The van der Waals surface area contributed by atoms with Gasteiger partial charge in [0.1, 0.15) is 16.9 Å². The van der Waals surface area contributed by atoms with Gasteiger partial charge in [-0.3, -0.25) is 0 Å². The van der Waals surface area contributed by atoms with Gasteiger partial charge in [-0.1, -0.05) is 23.7 Å². The molecule has 1 atom stereocenters. The van der Waals surface area contributed by atoms with Crippen molar-refractivity contribution < 1.29 is 13.2 Å². The molecule has 10 heteroatoms. The largest absolute Gasteiger partial charge is 0.488 e. The Bertz CT molecular complexity index is 1490. The molecule has 0 amide bonds. The van der Waals surface area contributed by atoms with Crippen LogP contribution in [0, 0.1) is 6.92 Å². The molecule has 2 aliphatic rings. The van der Waals surface area contributed by atoms with E-state index in [2.05, 4.69) is 52.5 Å². The van der Waals surface area contributed by atoms with Crippen molar-refractivity contribution in [3.05, 3.63) is 58.2 Å². The number of rotatable bonds is 7. The minimum absolute atomic E-state index is 0.0927. The van der Waals surface area contributed by atoms with Gasteiger partial charge >= 0.3 is 0 Å². The third kappa shape index (κ3) is 5.58. The monoisotopic (exact) mass is 569 g/mol. The number of aromatic nitrogens is 2. The smallest absolute Gasteiger partial charge is 0.229 e. The maximum atomic E-state index is 12.9. The lowest BCUT2D eigenvalue weighted by Crippen LogP contribution is -2.29. The summed E-state index contributed by atoms with van der Waals surface area (Å²) in [6.45, 7) is 9.79. The molecule has 0 unspecified atom stereocenters. The van der Waals surface area contributed by atoms with E-state index >= 15 is 0 Å². The minimum Gasteiger partial charge on any atom is -0.488 e. The van der Waals surface area contributed by atoms with Crippen molar-refractivity contribution in [2.75, 3.05) is 30.8 Å². The first-order valence-corrected chi connectivity index (χ1v) is 15.4. The zero-order chi connectivity index (χ0) is 27.9. The molecule has 1 saturated heterocycles.